The lowest BCUT2D eigenvalue weighted by atomic mass is 10.1. The molecular weight excluding hydrogens is 342 g/mol. The highest BCUT2D eigenvalue weighted by atomic mass is 16.6. The van der Waals surface area contributed by atoms with Crippen molar-refractivity contribution in [3.05, 3.63) is 112 Å². The fourth-order valence-electron chi connectivity index (χ4n) is 2.54. The molecule has 0 heterocycles. The first kappa shape index (κ1) is 18.1. The highest BCUT2D eigenvalue weighted by Crippen LogP contribution is 2.21. The molecule has 0 radical (unpaired) electrons. The highest BCUT2D eigenvalue weighted by Gasteiger charge is 2.10. The van der Waals surface area contributed by atoms with E-state index in [9.17, 15) is 14.9 Å². The van der Waals surface area contributed by atoms with Crippen LogP contribution in [0.5, 0.6) is 5.75 Å². The summed E-state index contributed by atoms with van der Waals surface area (Å²) in [5, 5.41) is 10.8. The monoisotopic (exact) mass is 359 g/mol. The van der Waals surface area contributed by atoms with Crippen LogP contribution in [-0.2, 0) is 6.61 Å². The summed E-state index contributed by atoms with van der Waals surface area (Å²) in [6, 6.07) is 22.8. The standard InChI is InChI=1S/C22H17NO4/c24-21(14-13-17-9-6-10-19(15-17)23(25)26)20-11-4-5-12-22(20)27-16-18-7-2-1-3-8-18/h1-15H,16H2. The maximum Gasteiger partial charge on any atom is 0.270 e. The van der Waals surface area contributed by atoms with Gasteiger partial charge in [0.1, 0.15) is 12.4 Å². The highest BCUT2D eigenvalue weighted by molar-refractivity contribution is 6.08. The summed E-state index contributed by atoms with van der Waals surface area (Å²) in [5.74, 6) is 0.264. The average molecular weight is 359 g/mol. The molecule has 0 unspecified atom stereocenters. The van der Waals surface area contributed by atoms with Crippen molar-refractivity contribution in [3.63, 3.8) is 0 Å². The molecule has 0 atom stereocenters. The predicted molar refractivity (Wildman–Crippen MR) is 104 cm³/mol. The van der Waals surface area contributed by atoms with Crippen LogP contribution in [-0.4, -0.2) is 10.7 Å². The van der Waals surface area contributed by atoms with Crippen LogP contribution in [0.15, 0.2) is 84.9 Å². The summed E-state index contributed by atoms with van der Waals surface area (Å²) < 4.78 is 5.80. The zero-order valence-electron chi connectivity index (χ0n) is 14.4. The number of para-hydroxylation sites is 1. The molecule has 3 aromatic carbocycles. The molecule has 0 bridgehead atoms. The van der Waals surface area contributed by atoms with E-state index in [1.807, 2.05) is 30.3 Å². The molecule has 3 rings (SSSR count). The van der Waals surface area contributed by atoms with Gasteiger partial charge in [0, 0.05) is 12.1 Å². The molecule has 0 N–H and O–H groups in total. The van der Waals surface area contributed by atoms with E-state index in [0.717, 1.165) is 5.56 Å². The van der Waals surface area contributed by atoms with Gasteiger partial charge in [-0.1, -0.05) is 60.7 Å². The van der Waals surface area contributed by atoms with Gasteiger partial charge >= 0.3 is 0 Å². The van der Waals surface area contributed by atoms with Crippen LogP contribution in [0.2, 0.25) is 0 Å². The lowest BCUT2D eigenvalue weighted by Crippen LogP contribution is -2.02. The Morgan fingerprint density at radius 2 is 1.70 bits per heavy atom. The molecule has 0 aromatic heterocycles. The average Bonchev–Trinajstić information content (AvgIpc) is 2.71. The zero-order valence-corrected chi connectivity index (χ0v) is 14.4. The largest absolute Gasteiger partial charge is 0.488 e. The molecule has 0 aliphatic heterocycles. The smallest absolute Gasteiger partial charge is 0.270 e. The van der Waals surface area contributed by atoms with E-state index >= 15 is 0 Å². The normalized spacial score (nSPS) is 10.7. The minimum Gasteiger partial charge on any atom is -0.488 e. The third-order valence-corrected chi connectivity index (χ3v) is 3.90. The Morgan fingerprint density at radius 1 is 0.963 bits per heavy atom. The molecule has 0 saturated heterocycles. The van der Waals surface area contributed by atoms with E-state index in [-0.39, 0.29) is 11.5 Å². The summed E-state index contributed by atoms with van der Waals surface area (Å²) >= 11 is 0. The molecule has 0 fully saturated rings. The summed E-state index contributed by atoms with van der Waals surface area (Å²) in [7, 11) is 0. The number of allylic oxidation sites excluding steroid dienone is 1. The predicted octanol–water partition coefficient (Wildman–Crippen LogP) is 5.07. The molecule has 0 saturated carbocycles. The van der Waals surface area contributed by atoms with Gasteiger partial charge in [0.15, 0.2) is 5.78 Å². The van der Waals surface area contributed by atoms with Crippen molar-refractivity contribution in [2.75, 3.05) is 0 Å². The zero-order chi connectivity index (χ0) is 19.1. The molecule has 0 amide bonds. The van der Waals surface area contributed by atoms with Crippen molar-refractivity contribution < 1.29 is 14.5 Å². The van der Waals surface area contributed by atoms with Crippen LogP contribution in [0.1, 0.15) is 21.5 Å². The van der Waals surface area contributed by atoms with Crippen LogP contribution < -0.4 is 4.74 Å². The van der Waals surface area contributed by atoms with Crippen molar-refractivity contribution in [3.8, 4) is 5.75 Å². The van der Waals surface area contributed by atoms with E-state index in [0.29, 0.717) is 23.5 Å². The molecule has 27 heavy (non-hydrogen) atoms. The number of nitro groups is 1. The number of hydrogen-bond donors (Lipinski definition) is 0. The SMILES string of the molecule is O=C(C=Cc1cccc([N+](=O)[O-])c1)c1ccccc1OCc1ccccc1. The van der Waals surface area contributed by atoms with Crippen LogP contribution in [0, 0.1) is 10.1 Å². The minimum atomic E-state index is -0.466. The number of benzene rings is 3. The van der Waals surface area contributed by atoms with Gasteiger partial charge in [-0.3, -0.25) is 14.9 Å². The quantitative estimate of drug-likeness (QED) is 0.256. The first-order valence-electron chi connectivity index (χ1n) is 8.36. The summed E-state index contributed by atoms with van der Waals surface area (Å²) in [6.45, 7) is 0.361. The van der Waals surface area contributed by atoms with Gasteiger partial charge in [0.2, 0.25) is 0 Å². The van der Waals surface area contributed by atoms with Gasteiger partial charge in [-0.15, -0.1) is 0 Å². The Hall–Kier alpha value is -3.73. The van der Waals surface area contributed by atoms with Gasteiger partial charge in [-0.2, -0.15) is 0 Å². The number of ketones is 1. The van der Waals surface area contributed by atoms with Gasteiger partial charge in [0.25, 0.3) is 5.69 Å². The fraction of sp³-hybridized carbons (Fsp3) is 0.0455. The molecule has 0 aliphatic carbocycles. The van der Waals surface area contributed by atoms with Crippen molar-refractivity contribution in [2.45, 2.75) is 6.61 Å². The van der Waals surface area contributed by atoms with Crippen LogP contribution in [0.25, 0.3) is 6.08 Å². The Kier molecular flexibility index (Phi) is 5.74. The summed E-state index contributed by atoms with van der Waals surface area (Å²) in [4.78, 5) is 22.9. The maximum atomic E-state index is 12.6. The van der Waals surface area contributed by atoms with E-state index in [4.69, 9.17) is 4.74 Å². The molecule has 5 nitrogen and oxygen atoms in total. The number of hydrogen-bond acceptors (Lipinski definition) is 4. The number of carbonyl (C=O) groups excluding carboxylic acids is 1. The molecule has 3 aromatic rings. The molecule has 5 heteroatoms. The molecular formula is C22H17NO4. The number of rotatable bonds is 7. The lowest BCUT2D eigenvalue weighted by Gasteiger charge is -2.09. The number of nitro benzene ring substituents is 1. The number of non-ortho nitro benzene ring substituents is 1. The van der Waals surface area contributed by atoms with Gasteiger partial charge in [0.05, 0.1) is 10.5 Å². The molecule has 0 aliphatic rings. The third kappa shape index (κ3) is 4.89. The van der Waals surface area contributed by atoms with Crippen LogP contribution >= 0.6 is 0 Å². The van der Waals surface area contributed by atoms with Crippen molar-refractivity contribution in [1.82, 2.24) is 0 Å². The molecule has 0 spiro atoms. The Balaban J connectivity index is 1.75. The van der Waals surface area contributed by atoms with Gasteiger partial charge in [-0.05, 0) is 29.3 Å². The summed E-state index contributed by atoms with van der Waals surface area (Å²) in [5.41, 5.74) is 2.01. The lowest BCUT2D eigenvalue weighted by molar-refractivity contribution is -0.384. The maximum absolute atomic E-state index is 12.6. The Bertz CT molecular complexity index is 980. The van der Waals surface area contributed by atoms with Crippen molar-refractivity contribution in [1.29, 1.82) is 0 Å². The second-order valence-electron chi connectivity index (χ2n) is 5.82. The summed E-state index contributed by atoms with van der Waals surface area (Å²) in [6.07, 6.45) is 2.95. The molecule has 134 valence electrons. The van der Waals surface area contributed by atoms with Gasteiger partial charge < -0.3 is 4.74 Å². The van der Waals surface area contributed by atoms with Crippen LogP contribution in [0.4, 0.5) is 5.69 Å². The topological polar surface area (TPSA) is 69.4 Å². The fourth-order valence-corrected chi connectivity index (χ4v) is 2.54. The van der Waals surface area contributed by atoms with Gasteiger partial charge in [-0.25, -0.2) is 0 Å². The number of nitrogens with zero attached hydrogens (tertiary/aromatic N) is 1. The second-order valence-corrected chi connectivity index (χ2v) is 5.82. The van der Waals surface area contributed by atoms with Crippen molar-refractivity contribution >= 4 is 17.5 Å². The van der Waals surface area contributed by atoms with E-state index < -0.39 is 4.92 Å². The first-order valence-corrected chi connectivity index (χ1v) is 8.36. The second kappa shape index (κ2) is 8.58. The van der Waals surface area contributed by atoms with E-state index in [2.05, 4.69) is 0 Å². The number of carbonyl (C=O) groups is 1. The Labute approximate surface area is 156 Å². The first-order chi connectivity index (χ1) is 13.1. The number of ether oxygens (including phenoxy) is 1. The van der Waals surface area contributed by atoms with Crippen LogP contribution in [0.3, 0.4) is 0 Å². The van der Waals surface area contributed by atoms with Crippen molar-refractivity contribution in [2.24, 2.45) is 0 Å². The third-order valence-electron chi connectivity index (χ3n) is 3.90. The Morgan fingerprint density at radius 3 is 2.48 bits per heavy atom. The van der Waals surface area contributed by atoms with E-state index in [1.54, 1.807) is 42.5 Å². The van der Waals surface area contributed by atoms with E-state index in [1.165, 1.54) is 18.2 Å². The minimum absolute atomic E-state index is 0.0174.